The summed E-state index contributed by atoms with van der Waals surface area (Å²) in [5.41, 5.74) is 6.41. The van der Waals surface area contributed by atoms with Crippen molar-refractivity contribution < 1.29 is 0 Å². The van der Waals surface area contributed by atoms with Gasteiger partial charge in [0.05, 0.1) is 0 Å². The highest BCUT2D eigenvalue weighted by molar-refractivity contribution is 4.59. The third kappa shape index (κ3) is 3.70. The minimum absolute atomic E-state index is 0.593. The highest BCUT2D eigenvalue weighted by atomic mass is 15.7. The van der Waals surface area contributed by atoms with Crippen molar-refractivity contribution in [3.05, 3.63) is 0 Å². The van der Waals surface area contributed by atoms with Crippen molar-refractivity contribution in [3.63, 3.8) is 0 Å². The Labute approximate surface area is 69.1 Å². The number of nitrogens with zero attached hydrogens (tertiary/aromatic N) is 1. The summed E-state index contributed by atoms with van der Waals surface area (Å²) in [5.74, 6) is 0. The van der Waals surface area contributed by atoms with E-state index in [0.29, 0.717) is 6.04 Å². The molecule has 0 saturated carbocycles. The van der Waals surface area contributed by atoms with Gasteiger partial charge in [-0.25, -0.2) is 10.4 Å². The van der Waals surface area contributed by atoms with Crippen LogP contribution in [0.1, 0.15) is 32.6 Å². The molecule has 1 aliphatic rings. The molecule has 2 N–H and O–H groups in total. The molecule has 1 heterocycles. The minimum atomic E-state index is 0.593. The monoisotopic (exact) mass is 157 g/mol. The molecule has 0 bridgehead atoms. The lowest BCUT2D eigenvalue weighted by Crippen LogP contribution is -2.48. The summed E-state index contributed by atoms with van der Waals surface area (Å²) in [6.07, 6.45) is 5.29. The first-order valence-electron chi connectivity index (χ1n) is 4.51. The zero-order chi connectivity index (χ0) is 8.10. The second-order valence-electron chi connectivity index (χ2n) is 3.43. The maximum absolute atomic E-state index is 3.25. The molecule has 0 aromatic carbocycles. The van der Waals surface area contributed by atoms with Crippen molar-refractivity contribution in [3.8, 4) is 0 Å². The van der Waals surface area contributed by atoms with Crippen molar-refractivity contribution in [2.24, 2.45) is 0 Å². The lowest BCUT2D eigenvalue weighted by atomic mass is 10.1. The van der Waals surface area contributed by atoms with Gasteiger partial charge in [-0.05, 0) is 19.8 Å². The van der Waals surface area contributed by atoms with Crippen LogP contribution in [0.5, 0.6) is 0 Å². The van der Waals surface area contributed by atoms with Crippen LogP contribution in [0.3, 0.4) is 0 Å². The SMILES string of the molecule is CC1CCCCCN(C)NN1. The van der Waals surface area contributed by atoms with Crippen LogP contribution in [0.2, 0.25) is 0 Å². The topological polar surface area (TPSA) is 27.3 Å². The second-order valence-corrected chi connectivity index (χ2v) is 3.43. The zero-order valence-electron chi connectivity index (χ0n) is 7.56. The van der Waals surface area contributed by atoms with Crippen LogP contribution < -0.4 is 11.0 Å². The van der Waals surface area contributed by atoms with Crippen molar-refractivity contribution in [2.75, 3.05) is 13.6 Å². The molecule has 0 aromatic rings. The van der Waals surface area contributed by atoms with Gasteiger partial charge in [-0.3, -0.25) is 0 Å². The average molecular weight is 157 g/mol. The third-order valence-corrected chi connectivity index (χ3v) is 2.13. The molecule has 1 fully saturated rings. The summed E-state index contributed by atoms with van der Waals surface area (Å²) in [7, 11) is 2.07. The molecule has 1 rings (SSSR count). The van der Waals surface area contributed by atoms with Crippen molar-refractivity contribution in [1.29, 1.82) is 0 Å². The molecule has 0 radical (unpaired) electrons. The van der Waals surface area contributed by atoms with Crippen LogP contribution in [0.15, 0.2) is 0 Å². The van der Waals surface area contributed by atoms with Gasteiger partial charge in [0.2, 0.25) is 0 Å². The Balaban J connectivity index is 2.25. The molecule has 66 valence electrons. The molecular weight excluding hydrogens is 138 g/mol. The van der Waals surface area contributed by atoms with Crippen LogP contribution in [0.25, 0.3) is 0 Å². The highest BCUT2D eigenvalue weighted by Crippen LogP contribution is 2.04. The summed E-state index contributed by atoms with van der Waals surface area (Å²) >= 11 is 0. The van der Waals surface area contributed by atoms with E-state index in [9.17, 15) is 0 Å². The molecule has 3 nitrogen and oxygen atoms in total. The molecule has 11 heavy (non-hydrogen) atoms. The summed E-state index contributed by atoms with van der Waals surface area (Å²) in [6, 6.07) is 0.593. The van der Waals surface area contributed by atoms with E-state index in [1.807, 2.05) is 0 Å². The number of nitrogens with one attached hydrogen (secondary N) is 2. The lowest BCUT2D eigenvalue weighted by Gasteiger charge is -2.19. The summed E-state index contributed by atoms with van der Waals surface area (Å²) in [6.45, 7) is 3.35. The molecule has 3 heteroatoms. The van der Waals surface area contributed by atoms with Gasteiger partial charge in [0, 0.05) is 19.6 Å². The van der Waals surface area contributed by atoms with E-state index in [-0.39, 0.29) is 0 Å². The lowest BCUT2D eigenvalue weighted by molar-refractivity contribution is 0.181. The van der Waals surface area contributed by atoms with Crippen LogP contribution in [0, 0.1) is 0 Å². The average Bonchev–Trinajstić information content (AvgIpc) is 2.06. The molecule has 1 saturated heterocycles. The van der Waals surface area contributed by atoms with Gasteiger partial charge < -0.3 is 0 Å². The first-order chi connectivity index (χ1) is 5.29. The van der Waals surface area contributed by atoms with E-state index in [0.717, 1.165) is 6.54 Å². The molecule has 0 aromatic heterocycles. The number of hydrogen-bond acceptors (Lipinski definition) is 3. The largest absolute Gasteiger partial charge is 0.241 e. The van der Waals surface area contributed by atoms with Gasteiger partial charge in [0.25, 0.3) is 0 Å². The molecule has 0 spiro atoms. The summed E-state index contributed by atoms with van der Waals surface area (Å²) in [5, 5.41) is 2.11. The summed E-state index contributed by atoms with van der Waals surface area (Å²) < 4.78 is 0. The Kier molecular flexibility index (Phi) is 3.83. The predicted octanol–water partition coefficient (Wildman–Crippen LogP) is 0.890. The van der Waals surface area contributed by atoms with Crippen LogP contribution in [0.4, 0.5) is 0 Å². The second kappa shape index (κ2) is 4.70. The fourth-order valence-electron chi connectivity index (χ4n) is 1.32. The van der Waals surface area contributed by atoms with Gasteiger partial charge in [-0.1, -0.05) is 12.8 Å². The molecule has 0 amide bonds. The Morgan fingerprint density at radius 1 is 1.27 bits per heavy atom. The first-order valence-corrected chi connectivity index (χ1v) is 4.51. The number of hydrogen-bond donors (Lipinski definition) is 2. The van der Waals surface area contributed by atoms with E-state index in [1.165, 1.54) is 25.7 Å². The van der Waals surface area contributed by atoms with Crippen LogP contribution in [-0.4, -0.2) is 24.6 Å². The number of hydrazine groups is 2. The van der Waals surface area contributed by atoms with E-state index < -0.39 is 0 Å². The van der Waals surface area contributed by atoms with E-state index in [2.05, 4.69) is 29.9 Å². The van der Waals surface area contributed by atoms with E-state index >= 15 is 0 Å². The predicted molar refractivity (Wildman–Crippen MR) is 46.8 cm³/mol. The fraction of sp³-hybridized carbons (Fsp3) is 1.00. The Morgan fingerprint density at radius 2 is 2.09 bits per heavy atom. The smallest absolute Gasteiger partial charge is 0.0197 e. The van der Waals surface area contributed by atoms with Gasteiger partial charge >= 0.3 is 0 Å². The Hall–Kier alpha value is -0.120. The van der Waals surface area contributed by atoms with E-state index in [4.69, 9.17) is 0 Å². The van der Waals surface area contributed by atoms with Crippen LogP contribution >= 0.6 is 0 Å². The standard InChI is InChI=1S/C8H19N3/c1-8-6-4-3-5-7-11(2)10-9-8/h8-10H,3-7H2,1-2H3. The van der Waals surface area contributed by atoms with E-state index in [1.54, 1.807) is 0 Å². The molecule has 0 aliphatic carbocycles. The maximum Gasteiger partial charge on any atom is 0.0197 e. The van der Waals surface area contributed by atoms with Gasteiger partial charge in [0.15, 0.2) is 0 Å². The fourth-order valence-corrected chi connectivity index (χ4v) is 1.32. The summed E-state index contributed by atoms with van der Waals surface area (Å²) in [4.78, 5) is 0. The highest BCUT2D eigenvalue weighted by Gasteiger charge is 2.05. The molecular formula is C8H19N3. The van der Waals surface area contributed by atoms with Crippen molar-refractivity contribution in [2.45, 2.75) is 38.6 Å². The van der Waals surface area contributed by atoms with Gasteiger partial charge in [-0.2, -0.15) is 5.53 Å². The van der Waals surface area contributed by atoms with Gasteiger partial charge in [-0.15, -0.1) is 0 Å². The number of rotatable bonds is 0. The molecule has 1 aliphatic heterocycles. The maximum atomic E-state index is 3.25. The van der Waals surface area contributed by atoms with Crippen LogP contribution in [-0.2, 0) is 0 Å². The first kappa shape index (κ1) is 8.97. The minimum Gasteiger partial charge on any atom is -0.241 e. The molecule has 1 atom stereocenters. The Morgan fingerprint density at radius 3 is 2.91 bits per heavy atom. The van der Waals surface area contributed by atoms with Crippen molar-refractivity contribution >= 4 is 0 Å². The normalized spacial score (nSPS) is 30.5. The molecule has 1 unspecified atom stereocenters. The quantitative estimate of drug-likeness (QED) is 0.547. The van der Waals surface area contributed by atoms with Gasteiger partial charge in [0.1, 0.15) is 0 Å². The van der Waals surface area contributed by atoms with Crippen molar-refractivity contribution in [1.82, 2.24) is 16.0 Å². The third-order valence-electron chi connectivity index (χ3n) is 2.13. The Bertz CT molecular complexity index is 93.5. The zero-order valence-corrected chi connectivity index (χ0v) is 7.56.